The highest BCUT2D eigenvalue weighted by Crippen LogP contribution is 2.19. The van der Waals surface area contributed by atoms with Crippen LogP contribution in [0.5, 0.6) is 0 Å². The quantitative estimate of drug-likeness (QED) is 0.789. The molecule has 1 aliphatic rings. The van der Waals surface area contributed by atoms with Gasteiger partial charge in [-0.25, -0.2) is 4.98 Å². The number of para-hydroxylation sites is 2. The summed E-state index contributed by atoms with van der Waals surface area (Å²) in [5.41, 5.74) is 2.97. The van der Waals surface area contributed by atoms with E-state index in [0.29, 0.717) is 5.69 Å². The lowest BCUT2D eigenvalue weighted by Crippen LogP contribution is -2.48. The summed E-state index contributed by atoms with van der Waals surface area (Å²) >= 11 is 0. The van der Waals surface area contributed by atoms with E-state index in [2.05, 4.69) is 25.3 Å². The van der Waals surface area contributed by atoms with Gasteiger partial charge in [-0.2, -0.15) is 5.10 Å². The van der Waals surface area contributed by atoms with E-state index in [-0.39, 0.29) is 11.9 Å². The van der Waals surface area contributed by atoms with Crippen molar-refractivity contribution < 1.29 is 4.79 Å². The maximum atomic E-state index is 12.6. The maximum absolute atomic E-state index is 12.6. The maximum Gasteiger partial charge on any atom is 0.271 e. The Bertz CT molecular complexity index is 905. The van der Waals surface area contributed by atoms with Gasteiger partial charge in [0.05, 0.1) is 29.1 Å². The van der Waals surface area contributed by atoms with Gasteiger partial charge in [0.1, 0.15) is 5.69 Å². The molecule has 128 valence electrons. The van der Waals surface area contributed by atoms with Crippen LogP contribution in [-0.2, 0) is 7.05 Å². The summed E-state index contributed by atoms with van der Waals surface area (Å²) in [6.07, 6.45) is 7.39. The van der Waals surface area contributed by atoms with Gasteiger partial charge in [-0.1, -0.05) is 12.1 Å². The van der Waals surface area contributed by atoms with E-state index in [4.69, 9.17) is 0 Å². The summed E-state index contributed by atoms with van der Waals surface area (Å²) in [6, 6.07) is 7.65. The minimum Gasteiger partial charge on any atom is -0.367 e. The third kappa shape index (κ3) is 3.31. The molecule has 2 aromatic heterocycles. The highest BCUT2D eigenvalue weighted by atomic mass is 16.2. The molecule has 1 aliphatic heterocycles. The Labute approximate surface area is 145 Å². The molecule has 1 aromatic carbocycles. The standard InChI is InChI=1S/C18H20N6O/c1-23-12-14(9-20-23)24-8-4-5-13(11-24)21-18(25)17-10-19-15-6-2-3-7-16(15)22-17/h2-3,6-7,9-10,12-13H,4-5,8,11H2,1H3,(H,21,25)/t13-/m1/s1. The molecule has 3 aromatic rings. The first kappa shape index (κ1) is 15.6. The van der Waals surface area contributed by atoms with Gasteiger partial charge in [-0.3, -0.25) is 14.5 Å². The second kappa shape index (κ2) is 6.51. The van der Waals surface area contributed by atoms with Gasteiger partial charge < -0.3 is 10.2 Å². The van der Waals surface area contributed by atoms with Crippen molar-refractivity contribution in [1.82, 2.24) is 25.1 Å². The van der Waals surface area contributed by atoms with E-state index >= 15 is 0 Å². The second-order valence-electron chi connectivity index (χ2n) is 6.37. The van der Waals surface area contributed by atoms with Crippen LogP contribution in [0.15, 0.2) is 42.9 Å². The van der Waals surface area contributed by atoms with E-state index in [1.807, 2.05) is 43.7 Å². The molecule has 0 saturated carbocycles. The fourth-order valence-corrected chi connectivity index (χ4v) is 3.23. The number of piperidine rings is 1. The monoisotopic (exact) mass is 336 g/mol. The van der Waals surface area contributed by atoms with Crippen molar-refractivity contribution in [3.8, 4) is 0 Å². The number of aromatic nitrogens is 4. The zero-order valence-corrected chi connectivity index (χ0v) is 14.1. The van der Waals surface area contributed by atoms with Crippen LogP contribution in [0.1, 0.15) is 23.3 Å². The predicted octanol–water partition coefficient (Wildman–Crippen LogP) is 1.76. The summed E-state index contributed by atoms with van der Waals surface area (Å²) in [5, 5.41) is 7.32. The Kier molecular flexibility index (Phi) is 4.05. The van der Waals surface area contributed by atoms with Crippen molar-refractivity contribution >= 4 is 22.6 Å². The fraction of sp³-hybridized carbons (Fsp3) is 0.333. The van der Waals surface area contributed by atoms with Crippen LogP contribution in [0.3, 0.4) is 0 Å². The molecule has 1 atom stereocenters. The highest BCUT2D eigenvalue weighted by molar-refractivity contribution is 5.94. The Morgan fingerprint density at radius 1 is 1.24 bits per heavy atom. The Morgan fingerprint density at radius 2 is 2.08 bits per heavy atom. The molecule has 0 bridgehead atoms. The van der Waals surface area contributed by atoms with Gasteiger partial charge in [0.2, 0.25) is 0 Å². The smallest absolute Gasteiger partial charge is 0.271 e. The Hall–Kier alpha value is -2.96. The topological polar surface area (TPSA) is 75.9 Å². The van der Waals surface area contributed by atoms with Crippen molar-refractivity contribution in [2.45, 2.75) is 18.9 Å². The van der Waals surface area contributed by atoms with Crippen LogP contribution in [0.2, 0.25) is 0 Å². The van der Waals surface area contributed by atoms with Gasteiger partial charge in [0, 0.05) is 32.4 Å². The minimum atomic E-state index is -0.170. The third-order valence-electron chi connectivity index (χ3n) is 4.49. The normalized spacial score (nSPS) is 17.6. The van der Waals surface area contributed by atoms with Crippen LogP contribution in [-0.4, -0.2) is 44.8 Å². The lowest BCUT2D eigenvalue weighted by atomic mass is 10.1. The molecule has 7 nitrogen and oxygen atoms in total. The average molecular weight is 336 g/mol. The number of amides is 1. The predicted molar refractivity (Wildman–Crippen MR) is 95.4 cm³/mol. The number of rotatable bonds is 3. The van der Waals surface area contributed by atoms with Gasteiger partial charge in [0.15, 0.2) is 0 Å². The summed E-state index contributed by atoms with van der Waals surface area (Å²) < 4.78 is 1.79. The van der Waals surface area contributed by atoms with Gasteiger partial charge in [-0.15, -0.1) is 0 Å². The molecule has 7 heteroatoms. The van der Waals surface area contributed by atoms with E-state index in [9.17, 15) is 4.79 Å². The Balaban J connectivity index is 1.45. The first-order valence-corrected chi connectivity index (χ1v) is 8.45. The van der Waals surface area contributed by atoms with Crippen molar-refractivity contribution in [2.75, 3.05) is 18.0 Å². The molecular formula is C18H20N6O. The molecule has 4 rings (SSSR count). The number of carbonyl (C=O) groups is 1. The molecule has 0 radical (unpaired) electrons. The molecule has 1 saturated heterocycles. The van der Waals surface area contributed by atoms with E-state index in [0.717, 1.165) is 42.7 Å². The number of fused-ring (bicyclic) bond motifs is 1. The van der Waals surface area contributed by atoms with Crippen LogP contribution in [0.25, 0.3) is 11.0 Å². The second-order valence-corrected chi connectivity index (χ2v) is 6.37. The highest BCUT2D eigenvalue weighted by Gasteiger charge is 2.23. The lowest BCUT2D eigenvalue weighted by molar-refractivity contribution is 0.0928. The number of hydrogen-bond acceptors (Lipinski definition) is 5. The zero-order chi connectivity index (χ0) is 17.2. The SMILES string of the molecule is Cn1cc(N2CCC[C@@H](NC(=O)c3cnc4ccccc4n3)C2)cn1. The number of benzene rings is 1. The number of anilines is 1. The Morgan fingerprint density at radius 3 is 2.88 bits per heavy atom. The first-order chi connectivity index (χ1) is 12.2. The molecule has 0 spiro atoms. The van der Waals surface area contributed by atoms with Crippen molar-refractivity contribution in [3.05, 3.63) is 48.5 Å². The number of nitrogens with one attached hydrogen (secondary N) is 1. The molecular weight excluding hydrogens is 316 g/mol. The average Bonchev–Trinajstić information content (AvgIpc) is 3.08. The van der Waals surface area contributed by atoms with Crippen LogP contribution < -0.4 is 10.2 Å². The van der Waals surface area contributed by atoms with Crippen LogP contribution in [0.4, 0.5) is 5.69 Å². The largest absolute Gasteiger partial charge is 0.367 e. The number of nitrogens with zero attached hydrogens (tertiary/aromatic N) is 5. The first-order valence-electron chi connectivity index (χ1n) is 8.45. The summed E-state index contributed by atoms with van der Waals surface area (Å²) in [4.78, 5) is 23.5. The lowest BCUT2D eigenvalue weighted by Gasteiger charge is -2.33. The molecule has 3 heterocycles. The van der Waals surface area contributed by atoms with E-state index in [1.54, 1.807) is 10.9 Å². The number of aryl methyl sites for hydroxylation is 1. The summed E-state index contributed by atoms with van der Waals surface area (Å²) in [5.74, 6) is -0.170. The molecule has 1 N–H and O–H groups in total. The van der Waals surface area contributed by atoms with Gasteiger partial charge in [0.25, 0.3) is 5.91 Å². The van der Waals surface area contributed by atoms with Gasteiger partial charge in [-0.05, 0) is 25.0 Å². The third-order valence-corrected chi connectivity index (χ3v) is 4.49. The van der Waals surface area contributed by atoms with Crippen molar-refractivity contribution in [3.63, 3.8) is 0 Å². The van der Waals surface area contributed by atoms with Gasteiger partial charge >= 0.3 is 0 Å². The number of hydrogen-bond donors (Lipinski definition) is 1. The van der Waals surface area contributed by atoms with E-state index in [1.165, 1.54) is 0 Å². The van der Waals surface area contributed by atoms with Crippen LogP contribution in [0, 0.1) is 0 Å². The zero-order valence-electron chi connectivity index (χ0n) is 14.1. The molecule has 1 fully saturated rings. The molecule has 1 amide bonds. The molecule has 0 unspecified atom stereocenters. The summed E-state index contributed by atoms with van der Waals surface area (Å²) in [7, 11) is 1.91. The van der Waals surface area contributed by atoms with Crippen LogP contribution >= 0.6 is 0 Å². The van der Waals surface area contributed by atoms with E-state index < -0.39 is 0 Å². The van der Waals surface area contributed by atoms with Crippen molar-refractivity contribution in [1.29, 1.82) is 0 Å². The minimum absolute atomic E-state index is 0.0923. The molecule has 25 heavy (non-hydrogen) atoms. The fourth-order valence-electron chi connectivity index (χ4n) is 3.23. The molecule has 0 aliphatic carbocycles. The summed E-state index contributed by atoms with van der Waals surface area (Å²) in [6.45, 7) is 1.76. The number of carbonyl (C=O) groups excluding carboxylic acids is 1. The van der Waals surface area contributed by atoms with Crippen molar-refractivity contribution in [2.24, 2.45) is 7.05 Å².